The number of hydrogen-bond acceptors (Lipinski definition) is 8. The molecule has 3 amide bonds. The largest absolute Gasteiger partial charge is 0.508 e. The number of carboxylic acids is 2. The molecule has 246 valence electrons. The third-order valence-electron chi connectivity index (χ3n) is 7.46. The van der Waals surface area contributed by atoms with Crippen LogP contribution in [0.3, 0.4) is 0 Å². The molecule has 3 aromatic carbocycles. The number of phenols is 2. The topological polar surface area (TPSA) is 244 Å². The van der Waals surface area contributed by atoms with E-state index in [9.17, 15) is 39.3 Å². The van der Waals surface area contributed by atoms with Crippen molar-refractivity contribution in [3.05, 3.63) is 95.7 Å². The van der Waals surface area contributed by atoms with Gasteiger partial charge in [0.05, 0.1) is 12.5 Å². The van der Waals surface area contributed by atoms with Crippen LogP contribution < -0.4 is 21.7 Å². The maximum atomic E-state index is 13.7. The molecule has 0 fully saturated rings. The van der Waals surface area contributed by atoms with Crippen LogP contribution in [0.2, 0.25) is 0 Å². The number of aliphatic carboxylic acids is 2. The first-order valence-corrected chi connectivity index (χ1v) is 14.6. The molecule has 4 atom stereocenters. The average molecular weight is 646 g/mol. The summed E-state index contributed by atoms with van der Waals surface area (Å²) < 4.78 is 0. The zero-order valence-corrected chi connectivity index (χ0v) is 25.1. The first-order chi connectivity index (χ1) is 22.4. The van der Waals surface area contributed by atoms with Gasteiger partial charge in [-0.15, -0.1) is 0 Å². The van der Waals surface area contributed by atoms with Gasteiger partial charge < -0.3 is 47.1 Å². The number of carboxylic acid groups (broad SMARTS) is 2. The number of H-pyrrole nitrogens is 1. The molecular formula is C33H35N5O9. The van der Waals surface area contributed by atoms with E-state index in [0.29, 0.717) is 16.7 Å². The van der Waals surface area contributed by atoms with Gasteiger partial charge in [0.2, 0.25) is 17.7 Å². The Morgan fingerprint density at radius 3 is 1.66 bits per heavy atom. The molecule has 0 aliphatic heterocycles. The maximum absolute atomic E-state index is 13.7. The minimum atomic E-state index is -1.47. The van der Waals surface area contributed by atoms with E-state index in [0.717, 1.165) is 10.9 Å². The van der Waals surface area contributed by atoms with Gasteiger partial charge >= 0.3 is 11.9 Å². The van der Waals surface area contributed by atoms with Crippen molar-refractivity contribution in [1.29, 1.82) is 0 Å². The molecule has 14 nitrogen and oxygen atoms in total. The number of benzene rings is 3. The SMILES string of the molecule is NC(CC(=O)O)C(=O)NC(Cc1ccc(O)cc1)C(=O)NC(Cc1ccc(O)cc1)C(=O)NC(Cc1c[nH]c2ccccc12)C(=O)O. The van der Waals surface area contributed by atoms with Crippen LogP contribution in [-0.4, -0.2) is 79.2 Å². The summed E-state index contributed by atoms with van der Waals surface area (Å²) in [6.45, 7) is 0. The fourth-order valence-electron chi connectivity index (χ4n) is 4.98. The van der Waals surface area contributed by atoms with E-state index < -0.39 is 60.2 Å². The lowest BCUT2D eigenvalue weighted by Crippen LogP contribution is -2.58. The van der Waals surface area contributed by atoms with E-state index in [4.69, 9.17) is 10.8 Å². The zero-order valence-electron chi connectivity index (χ0n) is 25.1. The van der Waals surface area contributed by atoms with Crippen molar-refractivity contribution in [2.24, 2.45) is 5.73 Å². The molecule has 4 unspecified atom stereocenters. The highest BCUT2D eigenvalue weighted by molar-refractivity contribution is 5.95. The summed E-state index contributed by atoms with van der Waals surface area (Å²) in [5.74, 6) is -5.27. The molecule has 1 aromatic heterocycles. The van der Waals surface area contributed by atoms with Gasteiger partial charge in [-0.2, -0.15) is 0 Å². The van der Waals surface area contributed by atoms with Crippen molar-refractivity contribution in [1.82, 2.24) is 20.9 Å². The molecule has 10 N–H and O–H groups in total. The lowest BCUT2D eigenvalue weighted by atomic mass is 10.0. The minimum absolute atomic E-state index is 0.0298. The average Bonchev–Trinajstić information content (AvgIpc) is 3.44. The van der Waals surface area contributed by atoms with Crippen molar-refractivity contribution < 1.29 is 44.4 Å². The number of carbonyl (C=O) groups excluding carboxylic acids is 3. The van der Waals surface area contributed by atoms with Crippen molar-refractivity contribution in [3.63, 3.8) is 0 Å². The number of hydrogen-bond donors (Lipinski definition) is 9. The van der Waals surface area contributed by atoms with Crippen LogP contribution in [0.4, 0.5) is 0 Å². The summed E-state index contributed by atoms with van der Waals surface area (Å²) in [5, 5.41) is 46.8. The van der Waals surface area contributed by atoms with Gasteiger partial charge in [-0.05, 0) is 47.0 Å². The number of amides is 3. The van der Waals surface area contributed by atoms with E-state index in [1.807, 2.05) is 18.2 Å². The summed E-state index contributed by atoms with van der Waals surface area (Å²) in [5.41, 5.74) is 8.20. The van der Waals surface area contributed by atoms with Crippen LogP contribution in [-0.2, 0) is 43.2 Å². The van der Waals surface area contributed by atoms with Gasteiger partial charge in [-0.1, -0.05) is 42.5 Å². The zero-order chi connectivity index (χ0) is 34.1. The van der Waals surface area contributed by atoms with Crippen LogP contribution in [0.5, 0.6) is 11.5 Å². The number of para-hydroxylation sites is 1. The lowest BCUT2D eigenvalue weighted by molar-refractivity contribution is -0.142. The predicted octanol–water partition coefficient (Wildman–Crippen LogP) is 0.948. The molecule has 1 heterocycles. The summed E-state index contributed by atoms with van der Waals surface area (Å²) in [6, 6.07) is 13.4. The highest BCUT2D eigenvalue weighted by Gasteiger charge is 2.31. The summed E-state index contributed by atoms with van der Waals surface area (Å²) >= 11 is 0. The molecule has 4 aromatic rings. The Morgan fingerprint density at radius 1 is 0.660 bits per heavy atom. The quantitative estimate of drug-likeness (QED) is 0.0886. The number of fused-ring (bicyclic) bond motifs is 1. The molecule has 0 spiro atoms. The number of aromatic hydroxyl groups is 2. The Morgan fingerprint density at radius 2 is 1.15 bits per heavy atom. The van der Waals surface area contributed by atoms with Crippen molar-refractivity contribution in [2.75, 3.05) is 0 Å². The van der Waals surface area contributed by atoms with Crippen molar-refractivity contribution >= 4 is 40.6 Å². The Hall–Kier alpha value is -5.89. The van der Waals surface area contributed by atoms with E-state index in [-0.39, 0.29) is 30.8 Å². The molecule has 0 aliphatic carbocycles. The molecule has 4 rings (SSSR count). The second-order valence-corrected chi connectivity index (χ2v) is 11.0. The molecule has 47 heavy (non-hydrogen) atoms. The maximum Gasteiger partial charge on any atom is 0.326 e. The van der Waals surface area contributed by atoms with E-state index in [1.165, 1.54) is 48.5 Å². The highest BCUT2D eigenvalue weighted by atomic mass is 16.4. The Bertz CT molecular complexity index is 1740. The van der Waals surface area contributed by atoms with Crippen LogP contribution >= 0.6 is 0 Å². The first kappa shape index (κ1) is 34.0. The summed E-state index contributed by atoms with van der Waals surface area (Å²) in [7, 11) is 0. The van der Waals surface area contributed by atoms with Gasteiger partial charge in [-0.3, -0.25) is 19.2 Å². The molecule has 14 heteroatoms. The second-order valence-electron chi connectivity index (χ2n) is 11.0. The van der Waals surface area contributed by atoms with Gasteiger partial charge in [0.1, 0.15) is 29.6 Å². The third kappa shape index (κ3) is 9.55. The molecular weight excluding hydrogens is 610 g/mol. The standard InChI is InChI=1S/C33H35N5O9/c34-24(16-29(41)42)30(43)36-26(13-18-5-9-21(39)10-6-18)31(44)37-27(14-19-7-11-22(40)12-8-19)32(45)38-28(33(46)47)15-20-17-35-25-4-2-1-3-23(20)25/h1-12,17,24,26-28,35,39-40H,13-16,34H2,(H,36,43)(H,37,44)(H,38,45)(H,41,42)(H,46,47). The first-order valence-electron chi connectivity index (χ1n) is 14.6. The number of rotatable bonds is 15. The minimum Gasteiger partial charge on any atom is -0.508 e. The molecule has 0 aliphatic rings. The fourth-order valence-corrected chi connectivity index (χ4v) is 4.98. The van der Waals surface area contributed by atoms with E-state index >= 15 is 0 Å². The van der Waals surface area contributed by atoms with Gasteiger partial charge in [-0.25, -0.2) is 4.79 Å². The van der Waals surface area contributed by atoms with Crippen molar-refractivity contribution in [2.45, 2.75) is 49.9 Å². The molecule has 0 bridgehead atoms. The second kappa shape index (κ2) is 15.4. The number of phenolic OH excluding ortho intramolecular Hbond substituents is 2. The van der Waals surface area contributed by atoms with Gasteiger partial charge in [0.25, 0.3) is 0 Å². The van der Waals surface area contributed by atoms with Crippen LogP contribution in [0, 0.1) is 0 Å². The number of nitrogens with one attached hydrogen (secondary N) is 4. The van der Waals surface area contributed by atoms with Crippen molar-refractivity contribution in [3.8, 4) is 11.5 Å². The van der Waals surface area contributed by atoms with Crippen LogP contribution in [0.1, 0.15) is 23.1 Å². The molecule has 0 radical (unpaired) electrons. The lowest BCUT2D eigenvalue weighted by Gasteiger charge is -2.25. The molecule has 0 saturated carbocycles. The summed E-state index contributed by atoms with van der Waals surface area (Å²) in [6.07, 6.45) is 0.664. The van der Waals surface area contributed by atoms with Crippen LogP contribution in [0.25, 0.3) is 10.9 Å². The number of nitrogens with two attached hydrogens (primary N) is 1. The van der Waals surface area contributed by atoms with E-state index in [1.54, 1.807) is 12.3 Å². The predicted molar refractivity (Wildman–Crippen MR) is 169 cm³/mol. The Labute approximate surface area is 268 Å². The van der Waals surface area contributed by atoms with Gasteiger partial charge in [0, 0.05) is 36.4 Å². The van der Waals surface area contributed by atoms with Gasteiger partial charge in [0.15, 0.2) is 0 Å². The smallest absolute Gasteiger partial charge is 0.326 e. The molecule has 0 saturated heterocycles. The number of carbonyl (C=O) groups is 5. The number of aromatic nitrogens is 1. The monoisotopic (exact) mass is 645 g/mol. The normalized spacial score (nSPS) is 13.6. The fraction of sp³-hybridized carbons (Fsp3) is 0.242. The Kier molecular flexibility index (Phi) is 11.1. The highest BCUT2D eigenvalue weighted by Crippen LogP contribution is 2.20. The number of aromatic amines is 1. The third-order valence-corrected chi connectivity index (χ3v) is 7.46. The van der Waals surface area contributed by atoms with E-state index in [2.05, 4.69) is 20.9 Å². The van der Waals surface area contributed by atoms with Crippen LogP contribution in [0.15, 0.2) is 79.0 Å². The Balaban J connectivity index is 1.59. The summed E-state index contributed by atoms with van der Waals surface area (Å²) in [4.78, 5) is 66.6.